The van der Waals surface area contributed by atoms with Crippen LogP contribution in [0.25, 0.3) is 0 Å². The van der Waals surface area contributed by atoms with E-state index in [1.165, 1.54) is 5.56 Å². The second-order valence-electron chi connectivity index (χ2n) is 10.2. The molecule has 5 rings (SSSR count). The fourth-order valence-corrected chi connectivity index (χ4v) is 6.24. The van der Waals surface area contributed by atoms with E-state index in [4.69, 9.17) is 0 Å². The fourth-order valence-electron chi connectivity index (χ4n) is 5.49. The smallest absolute Gasteiger partial charge is 0.307 e. The molecule has 0 spiro atoms. The summed E-state index contributed by atoms with van der Waals surface area (Å²) in [6.07, 6.45) is 4.88. The Kier molecular flexibility index (Phi) is 7.46. The number of H-pyrrole nitrogens is 1. The van der Waals surface area contributed by atoms with Crippen LogP contribution in [0.15, 0.2) is 47.3 Å². The molecule has 0 atom stereocenters. The highest BCUT2D eigenvalue weighted by Crippen LogP contribution is 2.34. The highest BCUT2D eigenvalue weighted by atomic mass is 32.1. The van der Waals surface area contributed by atoms with Gasteiger partial charge in [-0.15, -0.1) is 0 Å². The summed E-state index contributed by atoms with van der Waals surface area (Å²) in [7, 11) is 0. The van der Waals surface area contributed by atoms with Crippen LogP contribution in [0.2, 0.25) is 0 Å². The molecule has 8 heteroatoms. The third-order valence-electron chi connectivity index (χ3n) is 7.68. The molecular formula is C29H33N3O4S. The monoisotopic (exact) mass is 519 g/mol. The molecule has 1 fully saturated rings. The second-order valence-corrected chi connectivity index (χ2v) is 11.3. The van der Waals surface area contributed by atoms with Gasteiger partial charge in [-0.3, -0.25) is 19.4 Å². The Morgan fingerprint density at radius 1 is 1.08 bits per heavy atom. The predicted molar refractivity (Wildman–Crippen MR) is 145 cm³/mol. The number of aromatic hydroxyl groups is 1. The highest BCUT2D eigenvalue weighted by Gasteiger charge is 2.28. The first-order valence-corrected chi connectivity index (χ1v) is 13.8. The average Bonchev–Trinajstić information content (AvgIpc) is 3.21. The molecule has 0 saturated carbocycles. The molecular weight excluding hydrogens is 486 g/mol. The maximum atomic E-state index is 12.9. The van der Waals surface area contributed by atoms with Crippen LogP contribution in [-0.4, -0.2) is 46.4 Å². The van der Waals surface area contributed by atoms with E-state index in [0.717, 1.165) is 66.1 Å². The SMILES string of the molecule is Cc1ccc(CC(=O)N2CCC(CCN3C(=O)CCc4c(Cc5sc(=O)[nH]c5O)cccc43)CC2)cc1. The van der Waals surface area contributed by atoms with Crippen molar-refractivity contribution in [2.45, 2.75) is 51.9 Å². The first kappa shape index (κ1) is 25.3. The van der Waals surface area contributed by atoms with Crippen molar-refractivity contribution in [2.75, 3.05) is 24.5 Å². The number of benzene rings is 2. The van der Waals surface area contributed by atoms with Crippen molar-refractivity contribution in [3.8, 4) is 5.88 Å². The minimum atomic E-state index is -0.267. The van der Waals surface area contributed by atoms with E-state index in [0.29, 0.717) is 43.0 Å². The Morgan fingerprint density at radius 2 is 1.84 bits per heavy atom. The number of hydrogen-bond acceptors (Lipinski definition) is 5. The van der Waals surface area contributed by atoms with Crippen LogP contribution >= 0.6 is 11.3 Å². The number of aromatic nitrogens is 1. The third-order valence-corrected chi connectivity index (χ3v) is 8.56. The van der Waals surface area contributed by atoms with Gasteiger partial charge in [0.05, 0.1) is 11.3 Å². The quantitative estimate of drug-likeness (QED) is 0.490. The van der Waals surface area contributed by atoms with E-state index < -0.39 is 0 Å². The maximum absolute atomic E-state index is 12.9. The molecule has 3 aromatic rings. The zero-order chi connectivity index (χ0) is 25.9. The number of piperidine rings is 1. The molecule has 2 amide bonds. The van der Waals surface area contributed by atoms with Gasteiger partial charge in [0.25, 0.3) is 0 Å². The number of carbonyl (C=O) groups is 2. The summed E-state index contributed by atoms with van der Waals surface area (Å²) in [4.78, 5) is 43.9. The van der Waals surface area contributed by atoms with Crippen molar-refractivity contribution in [3.63, 3.8) is 0 Å². The molecule has 2 aromatic carbocycles. The van der Waals surface area contributed by atoms with Gasteiger partial charge in [-0.1, -0.05) is 53.3 Å². The van der Waals surface area contributed by atoms with E-state index in [1.54, 1.807) is 0 Å². The van der Waals surface area contributed by atoms with Crippen LogP contribution < -0.4 is 9.77 Å². The highest BCUT2D eigenvalue weighted by molar-refractivity contribution is 7.09. The molecule has 0 aliphatic carbocycles. The fraction of sp³-hybridized carbons (Fsp3) is 0.414. The van der Waals surface area contributed by atoms with E-state index in [2.05, 4.69) is 4.98 Å². The lowest BCUT2D eigenvalue weighted by Gasteiger charge is -2.35. The van der Waals surface area contributed by atoms with Crippen LogP contribution in [0.4, 0.5) is 5.69 Å². The van der Waals surface area contributed by atoms with Crippen LogP contribution in [0, 0.1) is 12.8 Å². The third kappa shape index (κ3) is 5.80. The zero-order valence-corrected chi connectivity index (χ0v) is 22.0. The number of anilines is 1. The summed E-state index contributed by atoms with van der Waals surface area (Å²) < 4.78 is 0. The summed E-state index contributed by atoms with van der Waals surface area (Å²) in [6.45, 7) is 4.26. The second kappa shape index (κ2) is 10.9. The van der Waals surface area contributed by atoms with Gasteiger partial charge in [0.1, 0.15) is 0 Å². The van der Waals surface area contributed by atoms with Gasteiger partial charge in [0.15, 0.2) is 0 Å². The van der Waals surface area contributed by atoms with Gasteiger partial charge in [-0.25, -0.2) is 0 Å². The largest absolute Gasteiger partial charge is 0.494 e. The molecule has 194 valence electrons. The normalized spacial score (nSPS) is 16.2. The predicted octanol–water partition coefficient (Wildman–Crippen LogP) is 4.19. The van der Waals surface area contributed by atoms with Crippen molar-refractivity contribution in [2.24, 2.45) is 5.92 Å². The number of likely N-dealkylation sites (tertiary alicyclic amines) is 1. The standard InChI is InChI=1S/C29H33N3O4S/c1-19-5-7-21(8-6-19)17-27(34)31-14-11-20(12-15-31)13-16-32-24-4-2-3-22(23(24)9-10-26(32)33)18-25-28(35)30-29(36)37-25/h2-8,20,35H,9-18H2,1H3,(H,30,36). The lowest BCUT2D eigenvalue weighted by Crippen LogP contribution is -2.41. The summed E-state index contributed by atoms with van der Waals surface area (Å²) in [5, 5.41) is 10.0. The molecule has 0 radical (unpaired) electrons. The molecule has 2 aliphatic rings. The topological polar surface area (TPSA) is 93.7 Å². The summed E-state index contributed by atoms with van der Waals surface area (Å²) in [5.41, 5.74) is 5.36. The number of aryl methyl sites for hydroxylation is 1. The first-order chi connectivity index (χ1) is 17.9. The summed E-state index contributed by atoms with van der Waals surface area (Å²) in [5.74, 6) is 0.747. The van der Waals surface area contributed by atoms with Gasteiger partial charge in [-0.05, 0) is 61.3 Å². The number of fused-ring (bicyclic) bond motifs is 1. The van der Waals surface area contributed by atoms with Crippen LogP contribution in [0.5, 0.6) is 5.88 Å². The molecule has 0 unspecified atom stereocenters. The van der Waals surface area contributed by atoms with Crippen molar-refractivity contribution in [1.82, 2.24) is 9.88 Å². The summed E-state index contributed by atoms with van der Waals surface area (Å²) >= 11 is 1.02. The van der Waals surface area contributed by atoms with Gasteiger partial charge < -0.3 is 14.9 Å². The molecule has 7 nitrogen and oxygen atoms in total. The first-order valence-electron chi connectivity index (χ1n) is 13.0. The molecule has 2 N–H and O–H groups in total. The van der Waals surface area contributed by atoms with E-state index >= 15 is 0 Å². The van der Waals surface area contributed by atoms with Crippen LogP contribution in [0.3, 0.4) is 0 Å². The number of thiazole rings is 1. The molecule has 2 aliphatic heterocycles. The molecule has 1 saturated heterocycles. The average molecular weight is 520 g/mol. The minimum Gasteiger partial charge on any atom is -0.494 e. The van der Waals surface area contributed by atoms with E-state index in [9.17, 15) is 19.5 Å². The summed E-state index contributed by atoms with van der Waals surface area (Å²) in [6, 6.07) is 14.1. The van der Waals surface area contributed by atoms with Crippen molar-refractivity contribution in [1.29, 1.82) is 0 Å². The Labute approximate surface area is 220 Å². The Morgan fingerprint density at radius 3 is 2.54 bits per heavy atom. The Bertz CT molecular complexity index is 1340. The molecule has 3 heterocycles. The Balaban J connectivity index is 1.18. The number of carbonyl (C=O) groups excluding carboxylic acids is 2. The molecule has 0 bridgehead atoms. The van der Waals surface area contributed by atoms with Crippen molar-refractivity contribution in [3.05, 3.63) is 79.3 Å². The van der Waals surface area contributed by atoms with Crippen LogP contribution in [-0.2, 0) is 28.9 Å². The van der Waals surface area contributed by atoms with Gasteiger partial charge >= 0.3 is 4.87 Å². The lowest BCUT2D eigenvalue weighted by molar-refractivity contribution is -0.131. The zero-order valence-electron chi connectivity index (χ0n) is 21.2. The number of nitrogens with one attached hydrogen (secondary N) is 1. The lowest BCUT2D eigenvalue weighted by atomic mass is 9.91. The van der Waals surface area contributed by atoms with E-state index in [1.807, 2.05) is 59.2 Å². The van der Waals surface area contributed by atoms with Crippen LogP contribution in [0.1, 0.15) is 52.8 Å². The number of rotatable bonds is 7. The van der Waals surface area contributed by atoms with E-state index in [-0.39, 0.29) is 22.6 Å². The number of hydrogen-bond donors (Lipinski definition) is 2. The van der Waals surface area contributed by atoms with Gasteiger partial charge in [-0.2, -0.15) is 0 Å². The van der Waals surface area contributed by atoms with Crippen molar-refractivity contribution >= 4 is 28.8 Å². The van der Waals surface area contributed by atoms with Gasteiger partial charge in [0, 0.05) is 38.2 Å². The number of amides is 2. The minimum absolute atomic E-state index is 0.0694. The molecule has 1 aromatic heterocycles. The number of nitrogens with zero attached hydrogens (tertiary/aromatic N) is 2. The van der Waals surface area contributed by atoms with Gasteiger partial charge in [0.2, 0.25) is 17.7 Å². The Hall–Kier alpha value is -3.39. The number of aromatic amines is 1. The maximum Gasteiger partial charge on any atom is 0.307 e. The molecule has 37 heavy (non-hydrogen) atoms. The van der Waals surface area contributed by atoms with Crippen molar-refractivity contribution < 1.29 is 14.7 Å².